The van der Waals surface area contributed by atoms with E-state index in [-0.39, 0.29) is 9.79 Å². The summed E-state index contributed by atoms with van der Waals surface area (Å²) in [4.78, 5) is 2.46. The second-order valence-corrected chi connectivity index (χ2v) is 5.43. The Hall–Kier alpha value is -0.560. The predicted molar refractivity (Wildman–Crippen MR) is 77.0 cm³/mol. The third-order valence-corrected chi connectivity index (χ3v) is 3.94. The lowest BCUT2D eigenvalue weighted by Crippen LogP contribution is -2.21. The lowest BCUT2D eigenvalue weighted by Gasteiger charge is -2.13. The van der Waals surface area contributed by atoms with Crippen LogP contribution in [0.3, 0.4) is 0 Å². The van der Waals surface area contributed by atoms with Gasteiger partial charge in [0, 0.05) is 4.90 Å². The zero-order valence-corrected chi connectivity index (χ0v) is 12.7. The third kappa shape index (κ3) is 6.39. The Morgan fingerprint density at radius 2 is 1.56 bits per heavy atom. The highest BCUT2D eigenvalue weighted by atomic mass is 32.2. The molecular formula is C12H21NO3S2. The highest BCUT2D eigenvalue weighted by Gasteiger charge is 2.11. The highest BCUT2D eigenvalue weighted by molar-refractivity contribution is 7.87. The van der Waals surface area contributed by atoms with E-state index in [1.807, 2.05) is 0 Å². The molecule has 104 valence electrons. The number of thiol groups is 1. The molecule has 0 saturated carbocycles. The molecule has 1 aromatic carbocycles. The van der Waals surface area contributed by atoms with Gasteiger partial charge in [-0.1, -0.05) is 32.9 Å². The van der Waals surface area contributed by atoms with Gasteiger partial charge in [0.25, 0.3) is 10.1 Å². The van der Waals surface area contributed by atoms with Gasteiger partial charge in [0.2, 0.25) is 0 Å². The molecule has 0 amide bonds. The molecule has 18 heavy (non-hydrogen) atoms. The molecule has 1 N–H and O–H groups in total. The van der Waals surface area contributed by atoms with Gasteiger partial charge in [-0.2, -0.15) is 8.42 Å². The van der Waals surface area contributed by atoms with E-state index < -0.39 is 10.1 Å². The van der Waals surface area contributed by atoms with Gasteiger partial charge in [0.1, 0.15) is 4.90 Å². The Kier molecular flexibility index (Phi) is 8.26. The van der Waals surface area contributed by atoms with Crippen LogP contribution in [0.25, 0.3) is 0 Å². The summed E-state index contributed by atoms with van der Waals surface area (Å²) >= 11 is 3.85. The van der Waals surface area contributed by atoms with E-state index in [0.29, 0.717) is 0 Å². The number of nitrogens with zero attached hydrogens (tertiary/aromatic N) is 1. The standard InChI is InChI=1S/C6H15N.C6H6O3S2/c1-4-7(5-2)6-3;7-11(8,9)6-4-2-1-3-5(6)10/h4-6H2,1-3H3;1-4,10H,(H,7,8,9). The first kappa shape index (κ1) is 17.4. The fourth-order valence-corrected chi connectivity index (χ4v) is 2.44. The minimum atomic E-state index is -4.11. The Bertz CT molecular complexity index is 437. The predicted octanol–water partition coefficient (Wildman–Crippen LogP) is 2.57. The number of hydrogen-bond donors (Lipinski definition) is 2. The van der Waals surface area contributed by atoms with Gasteiger partial charge in [0.15, 0.2) is 0 Å². The Morgan fingerprint density at radius 3 is 1.78 bits per heavy atom. The van der Waals surface area contributed by atoms with E-state index in [1.165, 1.54) is 37.8 Å². The lowest BCUT2D eigenvalue weighted by molar-refractivity contribution is 0.321. The minimum Gasteiger partial charge on any atom is -0.304 e. The molecule has 0 aliphatic carbocycles. The second kappa shape index (κ2) is 8.53. The molecule has 0 saturated heterocycles. The maximum atomic E-state index is 10.6. The van der Waals surface area contributed by atoms with Gasteiger partial charge in [-0.05, 0) is 31.8 Å². The van der Waals surface area contributed by atoms with E-state index >= 15 is 0 Å². The Labute approximate surface area is 115 Å². The van der Waals surface area contributed by atoms with Crippen molar-refractivity contribution in [3.05, 3.63) is 24.3 Å². The molecule has 0 aliphatic rings. The van der Waals surface area contributed by atoms with E-state index in [2.05, 4.69) is 38.3 Å². The first-order valence-electron chi connectivity index (χ1n) is 5.84. The van der Waals surface area contributed by atoms with Crippen molar-refractivity contribution in [3.8, 4) is 0 Å². The summed E-state index contributed by atoms with van der Waals surface area (Å²) in [6.07, 6.45) is 0. The van der Waals surface area contributed by atoms with Crippen LogP contribution in [0.1, 0.15) is 20.8 Å². The van der Waals surface area contributed by atoms with Crippen LogP contribution in [0, 0.1) is 0 Å². The smallest absolute Gasteiger partial charge is 0.295 e. The fraction of sp³-hybridized carbons (Fsp3) is 0.500. The van der Waals surface area contributed by atoms with Crippen molar-refractivity contribution in [2.24, 2.45) is 0 Å². The quantitative estimate of drug-likeness (QED) is 0.661. The van der Waals surface area contributed by atoms with E-state index in [0.717, 1.165) is 0 Å². The molecule has 0 bridgehead atoms. The van der Waals surface area contributed by atoms with Crippen LogP contribution < -0.4 is 0 Å². The van der Waals surface area contributed by atoms with Gasteiger partial charge in [0.05, 0.1) is 0 Å². The summed E-state index contributed by atoms with van der Waals surface area (Å²) in [5, 5.41) is 0. The van der Waals surface area contributed by atoms with Gasteiger partial charge >= 0.3 is 0 Å². The van der Waals surface area contributed by atoms with Crippen LogP contribution in [-0.2, 0) is 10.1 Å². The number of benzene rings is 1. The molecule has 0 atom stereocenters. The molecule has 0 radical (unpaired) electrons. The minimum absolute atomic E-state index is 0.164. The zero-order chi connectivity index (χ0) is 14.2. The highest BCUT2D eigenvalue weighted by Crippen LogP contribution is 2.17. The van der Waals surface area contributed by atoms with Gasteiger partial charge in [-0.15, -0.1) is 12.6 Å². The summed E-state index contributed by atoms with van der Waals surface area (Å²) in [6.45, 7) is 10.1. The van der Waals surface area contributed by atoms with Crippen molar-refractivity contribution in [2.75, 3.05) is 19.6 Å². The van der Waals surface area contributed by atoms with Crippen molar-refractivity contribution in [1.82, 2.24) is 4.90 Å². The molecule has 4 nitrogen and oxygen atoms in total. The van der Waals surface area contributed by atoms with Crippen LogP contribution in [0.5, 0.6) is 0 Å². The Morgan fingerprint density at radius 1 is 1.11 bits per heavy atom. The van der Waals surface area contributed by atoms with Crippen molar-refractivity contribution >= 4 is 22.7 Å². The van der Waals surface area contributed by atoms with E-state index in [1.54, 1.807) is 6.07 Å². The summed E-state index contributed by atoms with van der Waals surface area (Å²) in [6, 6.07) is 5.93. The fourth-order valence-electron chi connectivity index (χ4n) is 1.35. The molecule has 1 rings (SSSR count). The number of rotatable bonds is 4. The van der Waals surface area contributed by atoms with Gasteiger partial charge < -0.3 is 4.90 Å². The lowest BCUT2D eigenvalue weighted by atomic mass is 10.4. The largest absolute Gasteiger partial charge is 0.304 e. The molecule has 0 fully saturated rings. The van der Waals surface area contributed by atoms with Crippen LogP contribution in [0.15, 0.2) is 34.1 Å². The van der Waals surface area contributed by atoms with Crippen LogP contribution in [0.2, 0.25) is 0 Å². The van der Waals surface area contributed by atoms with Crippen molar-refractivity contribution in [3.63, 3.8) is 0 Å². The van der Waals surface area contributed by atoms with Gasteiger partial charge in [-0.25, -0.2) is 0 Å². The molecule has 0 aromatic heterocycles. The third-order valence-electron chi connectivity index (χ3n) is 2.48. The first-order valence-corrected chi connectivity index (χ1v) is 7.73. The summed E-state index contributed by atoms with van der Waals surface area (Å²) < 4.78 is 29.7. The molecular weight excluding hydrogens is 270 g/mol. The molecule has 6 heteroatoms. The SMILES string of the molecule is CCN(CC)CC.O=S(=O)(O)c1ccccc1S. The summed E-state index contributed by atoms with van der Waals surface area (Å²) in [7, 11) is -4.11. The zero-order valence-electron chi connectivity index (χ0n) is 11.0. The number of hydrogen-bond acceptors (Lipinski definition) is 4. The molecule has 0 aliphatic heterocycles. The van der Waals surface area contributed by atoms with Crippen molar-refractivity contribution in [1.29, 1.82) is 0 Å². The van der Waals surface area contributed by atoms with Crippen LogP contribution in [-0.4, -0.2) is 37.5 Å². The topological polar surface area (TPSA) is 57.6 Å². The molecule has 0 heterocycles. The maximum Gasteiger partial charge on any atom is 0.295 e. The monoisotopic (exact) mass is 291 g/mol. The van der Waals surface area contributed by atoms with Crippen molar-refractivity contribution in [2.45, 2.75) is 30.6 Å². The normalized spacial score (nSPS) is 11.0. The molecule has 0 unspecified atom stereocenters. The second-order valence-electron chi connectivity index (χ2n) is 3.56. The summed E-state index contributed by atoms with van der Waals surface area (Å²) in [5.74, 6) is 0. The Balaban J connectivity index is 0.000000360. The van der Waals surface area contributed by atoms with E-state index in [4.69, 9.17) is 4.55 Å². The summed E-state index contributed by atoms with van der Waals surface area (Å²) in [5.41, 5.74) is 0. The molecule has 1 aromatic rings. The van der Waals surface area contributed by atoms with Crippen molar-refractivity contribution < 1.29 is 13.0 Å². The van der Waals surface area contributed by atoms with Crippen LogP contribution >= 0.6 is 12.6 Å². The first-order chi connectivity index (χ1) is 8.36. The van der Waals surface area contributed by atoms with Crippen LogP contribution in [0.4, 0.5) is 0 Å². The average Bonchev–Trinajstić information content (AvgIpc) is 2.31. The molecule has 0 spiro atoms. The van der Waals surface area contributed by atoms with Gasteiger partial charge in [-0.3, -0.25) is 4.55 Å². The average molecular weight is 291 g/mol. The maximum absolute atomic E-state index is 10.6. The van der Waals surface area contributed by atoms with E-state index in [9.17, 15) is 8.42 Å².